The van der Waals surface area contributed by atoms with E-state index in [4.69, 9.17) is 5.73 Å². The van der Waals surface area contributed by atoms with Crippen LogP contribution in [0.5, 0.6) is 0 Å². The van der Waals surface area contributed by atoms with Crippen LogP contribution in [0.15, 0.2) is 35.2 Å². The quantitative estimate of drug-likeness (QED) is 0.830. The van der Waals surface area contributed by atoms with Crippen LogP contribution in [-0.4, -0.2) is 38.8 Å². The van der Waals surface area contributed by atoms with E-state index in [0.717, 1.165) is 0 Å². The molecule has 0 unspecified atom stereocenters. The van der Waals surface area contributed by atoms with Gasteiger partial charge in [-0.2, -0.15) is 4.31 Å². The largest absolute Gasteiger partial charge is 0.329 e. The summed E-state index contributed by atoms with van der Waals surface area (Å²) in [5.41, 5.74) is 5.23. The van der Waals surface area contributed by atoms with Crippen LogP contribution in [0.3, 0.4) is 0 Å². The average Bonchev–Trinajstić information content (AvgIpc) is 2.29. The monoisotopic (exact) mass is 264 g/mol. The highest BCUT2D eigenvalue weighted by molar-refractivity contribution is 7.89. The molecule has 0 spiro atoms. The van der Waals surface area contributed by atoms with E-state index in [1.54, 1.807) is 6.07 Å². The van der Waals surface area contributed by atoms with Crippen LogP contribution in [0, 0.1) is 0 Å². The van der Waals surface area contributed by atoms with E-state index in [2.05, 4.69) is 0 Å². The number of alkyl halides is 2. The number of sulfonamides is 1. The summed E-state index contributed by atoms with van der Waals surface area (Å²) >= 11 is 0. The fourth-order valence-electron chi connectivity index (χ4n) is 1.35. The molecule has 0 aromatic heterocycles. The molecule has 0 aliphatic rings. The van der Waals surface area contributed by atoms with Crippen molar-refractivity contribution >= 4 is 10.0 Å². The van der Waals surface area contributed by atoms with Gasteiger partial charge >= 0.3 is 0 Å². The molecular formula is C10H14F2N2O2S. The SMILES string of the molecule is NCCN(CC(F)F)S(=O)(=O)c1ccccc1. The first-order chi connectivity index (χ1) is 7.98. The van der Waals surface area contributed by atoms with Gasteiger partial charge in [-0.15, -0.1) is 0 Å². The van der Waals surface area contributed by atoms with Crippen molar-refractivity contribution in [1.82, 2.24) is 4.31 Å². The fourth-order valence-corrected chi connectivity index (χ4v) is 2.80. The van der Waals surface area contributed by atoms with Gasteiger partial charge in [0, 0.05) is 13.1 Å². The Bertz CT molecular complexity index is 437. The van der Waals surface area contributed by atoms with Crippen molar-refractivity contribution in [2.75, 3.05) is 19.6 Å². The van der Waals surface area contributed by atoms with Gasteiger partial charge in [0.1, 0.15) is 0 Å². The van der Waals surface area contributed by atoms with E-state index in [-0.39, 0.29) is 18.0 Å². The Balaban J connectivity index is 3.00. The van der Waals surface area contributed by atoms with Gasteiger partial charge in [-0.05, 0) is 12.1 Å². The predicted octanol–water partition coefficient (Wildman–Crippen LogP) is 0.901. The van der Waals surface area contributed by atoms with Crippen molar-refractivity contribution in [3.8, 4) is 0 Å². The molecule has 1 aromatic carbocycles. The highest BCUT2D eigenvalue weighted by Gasteiger charge is 2.26. The Morgan fingerprint density at radius 1 is 1.24 bits per heavy atom. The topological polar surface area (TPSA) is 63.4 Å². The van der Waals surface area contributed by atoms with Crippen LogP contribution in [-0.2, 0) is 10.0 Å². The van der Waals surface area contributed by atoms with Crippen molar-refractivity contribution in [2.24, 2.45) is 5.73 Å². The molecule has 0 saturated heterocycles. The van der Waals surface area contributed by atoms with Gasteiger partial charge in [-0.25, -0.2) is 17.2 Å². The van der Waals surface area contributed by atoms with Crippen LogP contribution in [0.25, 0.3) is 0 Å². The van der Waals surface area contributed by atoms with E-state index in [1.165, 1.54) is 24.3 Å². The first-order valence-electron chi connectivity index (χ1n) is 5.02. The standard InChI is InChI=1S/C10H14F2N2O2S/c11-10(12)8-14(7-6-13)17(15,16)9-4-2-1-3-5-9/h1-5,10H,6-8,13H2. The summed E-state index contributed by atoms with van der Waals surface area (Å²) in [6.07, 6.45) is -2.72. The lowest BCUT2D eigenvalue weighted by Crippen LogP contribution is -2.38. The number of nitrogens with two attached hydrogens (primary N) is 1. The normalized spacial score (nSPS) is 12.3. The van der Waals surface area contributed by atoms with Crippen molar-refractivity contribution in [3.05, 3.63) is 30.3 Å². The maximum Gasteiger partial charge on any atom is 0.252 e. The second-order valence-corrected chi connectivity index (χ2v) is 5.29. The third-order valence-electron chi connectivity index (χ3n) is 2.10. The van der Waals surface area contributed by atoms with Crippen LogP contribution < -0.4 is 5.73 Å². The van der Waals surface area contributed by atoms with Crippen molar-refractivity contribution in [1.29, 1.82) is 0 Å². The number of rotatable bonds is 6. The second kappa shape index (κ2) is 6.04. The second-order valence-electron chi connectivity index (χ2n) is 3.36. The van der Waals surface area contributed by atoms with E-state index < -0.39 is 23.0 Å². The smallest absolute Gasteiger partial charge is 0.252 e. The Labute approximate surface area is 99.1 Å². The maximum absolute atomic E-state index is 12.3. The van der Waals surface area contributed by atoms with E-state index >= 15 is 0 Å². The van der Waals surface area contributed by atoms with Gasteiger partial charge in [0.2, 0.25) is 10.0 Å². The van der Waals surface area contributed by atoms with Gasteiger partial charge in [-0.1, -0.05) is 18.2 Å². The Hall–Kier alpha value is -1.05. The maximum atomic E-state index is 12.3. The molecule has 96 valence electrons. The first-order valence-corrected chi connectivity index (χ1v) is 6.46. The fraction of sp³-hybridized carbons (Fsp3) is 0.400. The Morgan fingerprint density at radius 3 is 2.29 bits per heavy atom. The van der Waals surface area contributed by atoms with Crippen LogP contribution in [0.1, 0.15) is 0 Å². The van der Waals surface area contributed by atoms with Crippen LogP contribution >= 0.6 is 0 Å². The van der Waals surface area contributed by atoms with E-state index in [9.17, 15) is 17.2 Å². The first kappa shape index (κ1) is 14.0. The number of nitrogens with zero attached hydrogens (tertiary/aromatic N) is 1. The lowest BCUT2D eigenvalue weighted by molar-refractivity contribution is 0.120. The molecule has 1 aromatic rings. The Kier molecular flexibility index (Phi) is 4.98. The molecule has 0 fully saturated rings. The Morgan fingerprint density at radius 2 is 1.82 bits per heavy atom. The summed E-state index contributed by atoms with van der Waals surface area (Å²) in [7, 11) is -3.88. The minimum atomic E-state index is -3.88. The third-order valence-corrected chi connectivity index (χ3v) is 3.98. The zero-order valence-electron chi connectivity index (χ0n) is 9.09. The summed E-state index contributed by atoms with van der Waals surface area (Å²) in [4.78, 5) is -0.00546. The molecule has 4 nitrogen and oxygen atoms in total. The number of hydrogen-bond acceptors (Lipinski definition) is 3. The number of hydrogen-bond donors (Lipinski definition) is 1. The zero-order valence-corrected chi connectivity index (χ0v) is 9.91. The van der Waals surface area contributed by atoms with Gasteiger partial charge in [0.15, 0.2) is 0 Å². The molecule has 0 aliphatic carbocycles. The highest BCUT2D eigenvalue weighted by Crippen LogP contribution is 2.15. The summed E-state index contributed by atoms with van der Waals surface area (Å²) < 4.78 is 49.3. The summed E-state index contributed by atoms with van der Waals surface area (Å²) in [6, 6.07) is 7.46. The van der Waals surface area contributed by atoms with E-state index in [1.807, 2.05) is 0 Å². The van der Waals surface area contributed by atoms with Gasteiger partial charge in [-0.3, -0.25) is 0 Å². The van der Waals surface area contributed by atoms with Crippen LogP contribution in [0.2, 0.25) is 0 Å². The molecule has 7 heteroatoms. The van der Waals surface area contributed by atoms with Crippen molar-refractivity contribution < 1.29 is 17.2 Å². The summed E-state index contributed by atoms with van der Waals surface area (Å²) in [5, 5.41) is 0. The van der Waals surface area contributed by atoms with Crippen molar-refractivity contribution in [2.45, 2.75) is 11.3 Å². The van der Waals surface area contributed by atoms with Gasteiger partial charge in [0.05, 0.1) is 11.4 Å². The molecule has 0 saturated carbocycles. The zero-order chi connectivity index (χ0) is 12.9. The van der Waals surface area contributed by atoms with Gasteiger partial charge in [0.25, 0.3) is 6.43 Å². The molecule has 2 N–H and O–H groups in total. The van der Waals surface area contributed by atoms with Crippen LogP contribution in [0.4, 0.5) is 8.78 Å². The lowest BCUT2D eigenvalue weighted by atomic mass is 10.4. The third kappa shape index (κ3) is 3.72. The van der Waals surface area contributed by atoms with Gasteiger partial charge < -0.3 is 5.73 Å². The number of halogens is 2. The van der Waals surface area contributed by atoms with Crippen molar-refractivity contribution in [3.63, 3.8) is 0 Å². The molecule has 0 radical (unpaired) electrons. The molecule has 17 heavy (non-hydrogen) atoms. The lowest BCUT2D eigenvalue weighted by Gasteiger charge is -2.20. The highest BCUT2D eigenvalue weighted by atomic mass is 32.2. The average molecular weight is 264 g/mol. The predicted molar refractivity (Wildman–Crippen MR) is 60.3 cm³/mol. The summed E-state index contributed by atoms with van der Waals surface area (Å²) in [5.74, 6) is 0. The summed E-state index contributed by atoms with van der Waals surface area (Å²) in [6.45, 7) is -0.964. The molecule has 0 atom stereocenters. The molecule has 0 amide bonds. The minimum absolute atomic E-state index is 0.00121. The molecule has 0 heterocycles. The molecule has 1 rings (SSSR count). The molecule has 0 aliphatic heterocycles. The number of benzene rings is 1. The molecular weight excluding hydrogens is 250 g/mol. The molecule has 0 bridgehead atoms. The van der Waals surface area contributed by atoms with E-state index in [0.29, 0.717) is 4.31 Å². The minimum Gasteiger partial charge on any atom is -0.329 e.